The molecule has 1 aliphatic rings. The summed E-state index contributed by atoms with van der Waals surface area (Å²) < 4.78 is 12.6. The largest absolute Gasteiger partial charge is 0.396 e. The number of ether oxygens (including phenoxy) is 2. The van der Waals surface area contributed by atoms with E-state index in [1.807, 2.05) is 60.7 Å². The Morgan fingerprint density at radius 1 is 0.926 bits per heavy atom. The van der Waals surface area contributed by atoms with Gasteiger partial charge in [-0.2, -0.15) is 0 Å². The molecule has 4 heteroatoms. The summed E-state index contributed by atoms with van der Waals surface area (Å²) in [6.07, 6.45) is 4.94. The van der Waals surface area contributed by atoms with E-state index in [1.165, 1.54) is 0 Å². The molecule has 1 heterocycles. The van der Waals surface area contributed by atoms with Crippen LogP contribution in [0.5, 0.6) is 0 Å². The van der Waals surface area contributed by atoms with E-state index in [2.05, 4.69) is 0 Å². The van der Waals surface area contributed by atoms with Gasteiger partial charge in [0.15, 0.2) is 0 Å². The van der Waals surface area contributed by atoms with Crippen LogP contribution in [-0.4, -0.2) is 29.5 Å². The standard InChI is InChI=1S/C23H30O4/c24-17-10-2-1-9-15-21-16-18-26-23(27-21,20-13-7-4-8-14-20)22(25)19-11-5-3-6-12-19/h3-8,11-14,21-22,24-25H,1-2,9-10,15-18H2. The molecule has 4 nitrogen and oxygen atoms in total. The lowest BCUT2D eigenvalue weighted by atomic mass is 9.92. The molecule has 3 atom stereocenters. The number of benzene rings is 2. The lowest BCUT2D eigenvalue weighted by Crippen LogP contribution is -2.46. The van der Waals surface area contributed by atoms with Crippen LogP contribution in [0.25, 0.3) is 0 Å². The van der Waals surface area contributed by atoms with E-state index in [9.17, 15) is 5.11 Å². The van der Waals surface area contributed by atoms with E-state index in [4.69, 9.17) is 14.6 Å². The Labute approximate surface area is 161 Å². The highest BCUT2D eigenvalue weighted by Gasteiger charge is 2.47. The topological polar surface area (TPSA) is 58.9 Å². The number of hydrogen-bond acceptors (Lipinski definition) is 4. The summed E-state index contributed by atoms with van der Waals surface area (Å²) in [7, 11) is 0. The second-order valence-electron chi connectivity index (χ2n) is 7.15. The summed E-state index contributed by atoms with van der Waals surface area (Å²) in [5.41, 5.74) is 1.62. The minimum atomic E-state index is -1.18. The Kier molecular flexibility index (Phi) is 7.41. The number of rotatable bonds is 9. The van der Waals surface area contributed by atoms with Gasteiger partial charge in [0.25, 0.3) is 0 Å². The quantitative estimate of drug-likeness (QED) is 0.646. The van der Waals surface area contributed by atoms with Gasteiger partial charge in [-0.1, -0.05) is 79.9 Å². The Morgan fingerprint density at radius 3 is 2.30 bits per heavy atom. The molecule has 1 saturated heterocycles. The van der Waals surface area contributed by atoms with E-state index in [0.29, 0.717) is 6.61 Å². The molecule has 3 unspecified atom stereocenters. The monoisotopic (exact) mass is 370 g/mol. The minimum Gasteiger partial charge on any atom is -0.396 e. The molecule has 2 aromatic rings. The highest BCUT2D eigenvalue weighted by molar-refractivity contribution is 5.28. The van der Waals surface area contributed by atoms with Crippen LogP contribution >= 0.6 is 0 Å². The smallest absolute Gasteiger partial charge is 0.226 e. The second kappa shape index (κ2) is 10.00. The Hall–Kier alpha value is -1.72. The van der Waals surface area contributed by atoms with E-state index in [-0.39, 0.29) is 12.7 Å². The van der Waals surface area contributed by atoms with Crippen LogP contribution in [0.3, 0.4) is 0 Å². The van der Waals surface area contributed by atoms with Crippen molar-refractivity contribution < 1.29 is 19.7 Å². The summed E-state index contributed by atoms with van der Waals surface area (Å²) in [5.74, 6) is -1.18. The molecule has 0 spiro atoms. The minimum absolute atomic E-state index is 0.0476. The maximum absolute atomic E-state index is 11.2. The molecule has 27 heavy (non-hydrogen) atoms. The number of unbranched alkanes of at least 4 members (excludes halogenated alkanes) is 3. The lowest BCUT2D eigenvalue weighted by molar-refractivity contribution is -0.343. The number of hydrogen-bond donors (Lipinski definition) is 2. The first kappa shape index (κ1) is 20.0. The SMILES string of the molecule is OCCCCCCC1CCOC(c2ccccc2)(C(O)c2ccccc2)O1. The maximum atomic E-state index is 11.2. The van der Waals surface area contributed by atoms with Crippen molar-refractivity contribution in [2.24, 2.45) is 0 Å². The van der Waals surface area contributed by atoms with Crippen molar-refractivity contribution in [1.29, 1.82) is 0 Å². The van der Waals surface area contributed by atoms with Crippen molar-refractivity contribution in [3.63, 3.8) is 0 Å². The van der Waals surface area contributed by atoms with Crippen LogP contribution in [0.2, 0.25) is 0 Å². The van der Waals surface area contributed by atoms with Crippen LogP contribution in [-0.2, 0) is 15.3 Å². The van der Waals surface area contributed by atoms with Crippen LogP contribution < -0.4 is 0 Å². The molecule has 0 aromatic heterocycles. The van der Waals surface area contributed by atoms with Crippen LogP contribution in [0.4, 0.5) is 0 Å². The zero-order valence-corrected chi connectivity index (χ0v) is 15.8. The molecule has 146 valence electrons. The predicted molar refractivity (Wildman–Crippen MR) is 105 cm³/mol. The zero-order chi connectivity index (χ0) is 19.0. The fraction of sp³-hybridized carbons (Fsp3) is 0.478. The van der Waals surface area contributed by atoms with Crippen molar-refractivity contribution in [3.05, 3.63) is 71.8 Å². The fourth-order valence-corrected chi connectivity index (χ4v) is 3.70. The fourth-order valence-electron chi connectivity index (χ4n) is 3.70. The Morgan fingerprint density at radius 2 is 1.59 bits per heavy atom. The van der Waals surface area contributed by atoms with Gasteiger partial charge in [0.1, 0.15) is 6.10 Å². The van der Waals surface area contributed by atoms with Gasteiger partial charge in [-0.3, -0.25) is 0 Å². The summed E-state index contributed by atoms with van der Waals surface area (Å²) in [5, 5.41) is 20.1. The lowest BCUT2D eigenvalue weighted by Gasteiger charge is -2.44. The van der Waals surface area contributed by atoms with E-state index < -0.39 is 11.9 Å². The first-order chi connectivity index (χ1) is 13.3. The molecule has 2 aromatic carbocycles. The van der Waals surface area contributed by atoms with Crippen LogP contribution in [0, 0.1) is 0 Å². The third-order valence-corrected chi connectivity index (χ3v) is 5.18. The summed E-state index contributed by atoms with van der Waals surface area (Å²) >= 11 is 0. The summed E-state index contributed by atoms with van der Waals surface area (Å²) in [4.78, 5) is 0. The number of aliphatic hydroxyl groups is 2. The molecular weight excluding hydrogens is 340 g/mol. The first-order valence-electron chi connectivity index (χ1n) is 9.97. The molecule has 0 radical (unpaired) electrons. The molecule has 0 saturated carbocycles. The molecule has 0 aliphatic carbocycles. The Bertz CT molecular complexity index is 661. The van der Waals surface area contributed by atoms with Gasteiger partial charge in [-0.05, 0) is 24.8 Å². The van der Waals surface area contributed by atoms with Gasteiger partial charge in [-0.15, -0.1) is 0 Å². The normalized spacial score (nSPS) is 23.9. The van der Waals surface area contributed by atoms with Gasteiger partial charge in [0, 0.05) is 12.2 Å². The Balaban J connectivity index is 1.78. The van der Waals surface area contributed by atoms with Gasteiger partial charge in [0.2, 0.25) is 5.79 Å². The van der Waals surface area contributed by atoms with Gasteiger partial charge >= 0.3 is 0 Å². The van der Waals surface area contributed by atoms with Crippen molar-refractivity contribution in [1.82, 2.24) is 0 Å². The average molecular weight is 370 g/mol. The van der Waals surface area contributed by atoms with E-state index >= 15 is 0 Å². The molecule has 3 rings (SSSR count). The van der Waals surface area contributed by atoms with Crippen molar-refractivity contribution >= 4 is 0 Å². The van der Waals surface area contributed by atoms with Crippen molar-refractivity contribution in [2.45, 2.75) is 56.5 Å². The second-order valence-corrected chi connectivity index (χ2v) is 7.15. The average Bonchev–Trinajstić information content (AvgIpc) is 2.74. The summed E-state index contributed by atoms with van der Waals surface area (Å²) in [6, 6.07) is 19.3. The molecule has 2 N–H and O–H groups in total. The molecule has 1 aliphatic heterocycles. The van der Waals surface area contributed by atoms with Crippen LogP contribution in [0.15, 0.2) is 60.7 Å². The maximum Gasteiger partial charge on any atom is 0.226 e. The molecule has 0 amide bonds. The third kappa shape index (κ3) is 4.96. The van der Waals surface area contributed by atoms with E-state index in [1.54, 1.807) is 0 Å². The molecule has 1 fully saturated rings. The van der Waals surface area contributed by atoms with Crippen molar-refractivity contribution in [3.8, 4) is 0 Å². The van der Waals surface area contributed by atoms with Gasteiger partial charge < -0.3 is 19.7 Å². The molecule has 0 bridgehead atoms. The van der Waals surface area contributed by atoms with Gasteiger partial charge in [-0.25, -0.2) is 0 Å². The van der Waals surface area contributed by atoms with Crippen LogP contribution in [0.1, 0.15) is 55.8 Å². The first-order valence-corrected chi connectivity index (χ1v) is 9.97. The zero-order valence-electron chi connectivity index (χ0n) is 15.8. The molecular formula is C23H30O4. The summed E-state index contributed by atoms with van der Waals surface area (Å²) in [6.45, 7) is 0.814. The number of aliphatic hydroxyl groups excluding tert-OH is 2. The highest BCUT2D eigenvalue weighted by Crippen LogP contribution is 2.44. The van der Waals surface area contributed by atoms with Gasteiger partial charge in [0.05, 0.1) is 12.7 Å². The van der Waals surface area contributed by atoms with Crippen molar-refractivity contribution in [2.75, 3.05) is 13.2 Å². The highest BCUT2D eigenvalue weighted by atomic mass is 16.7. The van der Waals surface area contributed by atoms with E-state index in [0.717, 1.165) is 49.7 Å². The third-order valence-electron chi connectivity index (χ3n) is 5.18. The predicted octanol–water partition coefficient (Wildman–Crippen LogP) is 4.32.